The molecule has 3 heterocycles. The van der Waals surface area contributed by atoms with E-state index in [-0.39, 0.29) is 0 Å². The van der Waals surface area contributed by atoms with Gasteiger partial charge in [-0.05, 0) is 19.9 Å². The molecule has 0 fully saturated rings. The van der Waals surface area contributed by atoms with Gasteiger partial charge in [0, 0.05) is 36.6 Å². The third-order valence-corrected chi connectivity index (χ3v) is 4.26. The van der Waals surface area contributed by atoms with Crippen molar-refractivity contribution in [1.29, 1.82) is 0 Å². The van der Waals surface area contributed by atoms with E-state index in [1.165, 1.54) is 0 Å². The van der Waals surface area contributed by atoms with Gasteiger partial charge in [-0.15, -0.1) is 0 Å². The minimum Gasteiger partial charge on any atom is -0.364 e. The molecule has 27 heavy (non-hydrogen) atoms. The summed E-state index contributed by atoms with van der Waals surface area (Å²) in [4.78, 5) is 8.94. The maximum absolute atomic E-state index is 4.64. The van der Waals surface area contributed by atoms with Crippen LogP contribution in [-0.2, 0) is 13.6 Å². The standard InChI is InChI=1S/C20H21N7/c1-14-9-15(2)27(24-14)19-12-21-11-18(23-19)22-10-17-13-26(3)25-20(17)16-7-5-4-6-8-16/h4-9,11-13H,10H2,1-3H3,(H,22,23). The molecule has 0 amide bonds. The van der Waals surface area contributed by atoms with Crippen LogP contribution in [0.1, 0.15) is 17.0 Å². The molecule has 0 radical (unpaired) electrons. The molecule has 3 aromatic heterocycles. The first-order valence-electron chi connectivity index (χ1n) is 8.77. The van der Waals surface area contributed by atoms with Gasteiger partial charge in [0.25, 0.3) is 0 Å². The third kappa shape index (κ3) is 3.57. The first kappa shape index (κ1) is 17.0. The Morgan fingerprint density at radius 3 is 2.59 bits per heavy atom. The van der Waals surface area contributed by atoms with E-state index >= 15 is 0 Å². The van der Waals surface area contributed by atoms with Gasteiger partial charge in [0.2, 0.25) is 0 Å². The van der Waals surface area contributed by atoms with Crippen molar-refractivity contribution >= 4 is 5.82 Å². The van der Waals surface area contributed by atoms with Crippen molar-refractivity contribution in [3.8, 4) is 17.1 Å². The topological polar surface area (TPSA) is 73.5 Å². The van der Waals surface area contributed by atoms with Crippen LogP contribution in [0.15, 0.2) is 55.0 Å². The Balaban J connectivity index is 1.57. The fourth-order valence-corrected chi connectivity index (χ4v) is 3.10. The first-order valence-corrected chi connectivity index (χ1v) is 8.77. The fraction of sp³-hybridized carbons (Fsp3) is 0.200. The molecule has 7 heteroatoms. The van der Waals surface area contributed by atoms with Gasteiger partial charge in [0.15, 0.2) is 5.82 Å². The highest BCUT2D eigenvalue weighted by atomic mass is 15.3. The molecule has 1 aromatic carbocycles. The van der Waals surface area contributed by atoms with Gasteiger partial charge < -0.3 is 5.32 Å². The molecule has 0 unspecified atom stereocenters. The first-order chi connectivity index (χ1) is 13.1. The summed E-state index contributed by atoms with van der Waals surface area (Å²) in [5.74, 6) is 1.39. The monoisotopic (exact) mass is 359 g/mol. The van der Waals surface area contributed by atoms with Crippen molar-refractivity contribution in [1.82, 2.24) is 29.5 Å². The van der Waals surface area contributed by atoms with Crippen LogP contribution in [0.2, 0.25) is 0 Å². The molecule has 7 nitrogen and oxygen atoms in total. The summed E-state index contributed by atoms with van der Waals surface area (Å²) < 4.78 is 3.63. The molecule has 136 valence electrons. The molecule has 0 bridgehead atoms. The van der Waals surface area contributed by atoms with Crippen LogP contribution in [0.3, 0.4) is 0 Å². The van der Waals surface area contributed by atoms with E-state index in [4.69, 9.17) is 0 Å². The van der Waals surface area contributed by atoms with E-state index in [1.807, 2.05) is 56.0 Å². The smallest absolute Gasteiger partial charge is 0.174 e. The average molecular weight is 359 g/mol. The number of nitrogens with one attached hydrogen (secondary N) is 1. The van der Waals surface area contributed by atoms with E-state index in [1.54, 1.807) is 17.1 Å². The lowest BCUT2D eigenvalue weighted by Crippen LogP contribution is -2.07. The molecule has 4 aromatic rings. The van der Waals surface area contributed by atoms with Crippen LogP contribution in [0.25, 0.3) is 17.1 Å². The average Bonchev–Trinajstić information content (AvgIpc) is 3.22. The Morgan fingerprint density at radius 2 is 1.85 bits per heavy atom. The van der Waals surface area contributed by atoms with Crippen molar-refractivity contribution < 1.29 is 0 Å². The molecule has 0 aliphatic heterocycles. The number of anilines is 1. The fourth-order valence-electron chi connectivity index (χ4n) is 3.10. The zero-order valence-corrected chi connectivity index (χ0v) is 15.6. The largest absolute Gasteiger partial charge is 0.364 e. The maximum atomic E-state index is 4.64. The van der Waals surface area contributed by atoms with Gasteiger partial charge >= 0.3 is 0 Å². The van der Waals surface area contributed by atoms with Crippen molar-refractivity contribution in [2.45, 2.75) is 20.4 Å². The van der Waals surface area contributed by atoms with Gasteiger partial charge in [0.05, 0.1) is 23.8 Å². The quantitative estimate of drug-likeness (QED) is 0.592. The molecule has 0 saturated carbocycles. The van der Waals surface area contributed by atoms with E-state index < -0.39 is 0 Å². The maximum Gasteiger partial charge on any atom is 0.174 e. The van der Waals surface area contributed by atoms with Crippen LogP contribution in [0.4, 0.5) is 5.82 Å². The molecule has 0 aliphatic rings. The summed E-state index contributed by atoms with van der Waals surface area (Å²) in [6.07, 6.45) is 5.45. The lowest BCUT2D eigenvalue weighted by Gasteiger charge is -2.08. The SMILES string of the molecule is Cc1cc(C)n(-c2cncc(NCc3cn(C)nc3-c3ccccc3)n2)n1. The lowest BCUT2D eigenvalue weighted by molar-refractivity contribution is 0.770. The summed E-state index contributed by atoms with van der Waals surface area (Å²) in [6.45, 7) is 4.57. The number of benzene rings is 1. The van der Waals surface area contributed by atoms with Gasteiger partial charge in [-0.3, -0.25) is 9.67 Å². The van der Waals surface area contributed by atoms with Crippen LogP contribution < -0.4 is 5.32 Å². The highest BCUT2D eigenvalue weighted by Gasteiger charge is 2.11. The van der Waals surface area contributed by atoms with Crippen LogP contribution in [-0.4, -0.2) is 29.5 Å². The van der Waals surface area contributed by atoms with Gasteiger partial charge in [-0.2, -0.15) is 10.2 Å². The van der Waals surface area contributed by atoms with Crippen LogP contribution >= 0.6 is 0 Å². The van der Waals surface area contributed by atoms with E-state index in [0.29, 0.717) is 18.2 Å². The number of hydrogen-bond acceptors (Lipinski definition) is 5. The second kappa shape index (κ2) is 7.03. The van der Waals surface area contributed by atoms with Gasteiger partial charge in [-0.25, -0.2) is 9.67 Å². The predicted molar refractivity (Wildman–Crippen MR) is 105 cm³/mol. The number of rotatable bonds is 5. The summed E-state index contributed by atoms with van der Waals surface area (Å²) in [5, 5.41) is 12.4. The van der Waals surface area contributed by atoms with Crippen molar-refractivity contribution in [2.75, 3.05) is 5.32 Å². The normalized spacial score (nSPS) is 10.9. The number of aryl methyl sites for hydroxylation is 3. The van der Waals surface area contributed by atoms with E-state index in [9.17, 15) is 0 Å². The minimum atomic E-state index is 0.604. The highest BCUT2D eigenvalue weighted by molar-refractivity contribution is 5.63. The van der Waals surface area contributed by atoms with Crippen LogP contribution in [0.5, 0.6) is 0 Å². The molecule has 4 rings (SSSR count). The molecule has 0 spiro atoms. The summed E-state index contributed by atoms with van der Waals surface area (Å²) >= 11 is 0. The third-order valence-electron chi connectivity index (χ3n) is 4.26. The Kier molecular flexibility index (Phi) is 4.42. The zero-order chi connectivity index (χ0) is 18.8. The molecular weight excluding hydrogens is 338 g/mol. The van der Waals surface area contributed by atoms with Crippen molar-refractivity contribution in [2.24, 2.45) is 7.05 Å². The Hall–Kier alpha value is -3.48. The summed E-state index contributed by atoms with van der Waals surface area (Å²) in [7, 11) is 1.93. The molecule has 0 aliphatic carbocycles. The minimum absolute atomic E-state index is 0.604. The predicted octanol–water partition coefficient (Wildman–Crippen LogP) is 3.29. The number of hydrogen-bond donors (Lipinski definition) is 1. The second-order valence-electron chi connectivity index (χ2n) is 6.50. The molecule has 0 saturated heterocycles. The van der Waals surface area contributed by atoms with Crippen molar-refractivity contribution in [3.63, 3.8) is 0 Å². The number of nitrogens with zero attached hydrogens (tertiary/aromatic N) is 6. The van der Waals surface area contributed by atoms with Gasteiger partial charge in [-0.1, -0.05) is 30.3 Å². The lowest BCUT2D eigenvalue weighted by atomic mass is 10.1. The molecule has 1 N–H and O–H groups in total. The number of aromatic nitrogens is 6. The van der Waals surface area contributed by atoms with Gasteiger partial charge in [0.1, 0.15) is 5.82 Å². The second-order valence-corrected chi connectivity index (χ2v) is 6.50. The Morgan fingerprint density at radius 1 is 1.04 bits per heavy atom. The molecule has 0 atom stereocenters. The molecular formula is C20H21N7. The Bertz CT molecular complexity index is 1060. The van der Waals surface area contributed by atoms with E-state index in [0.717, 1.165) is 28.2 Å². The summed E-state index contributed by atoms with van der Waals surface area (Å²) in [5.41, 5.74) is 5.14. The van der Waals surface area contributed by atoms with Crippen molar-refractivity contribution in [3.05, 3.63) is 71.9 Å². The summed E-state index contributed by atoms with van der Waals surface area (Å²) in [6, 6.07) is 12.2. The van der Waals surface area contributed by atoms with E-state index in [2.05, 4.69) is 37.6 Å². The van der Waals surface area contributed by atoms with Crippen LogP contribution in [0, 0.1) is 13.8 Å². The zero-order valence-electron chi connectivity index (χ0n) is 15.6. The highest BCUT2D eigenvalue weighted by Crippen LogP contribution is 2.22. The Labute approximate surface area is 157 Å².